The van der Waals surface area contributed by atoms with E-state index in [4.69, 9.17) is 9.47 Å². The van der Waals surface area contributed by atoms with E-state index in [1.807, 2.05) is 66.7 Å². The van der Waals surface area contributed by atoms with Gasteiger partial charge in [-0.15, -0.1) is 11.8 Å². The highest BCUT2D eigenvalue weighted by molar-refractivity contribution is 7.99. The SMILES string of the molecule is CC(=O)NCCCCCC(=O)NCc1ccc([C@H]2O[C@@H](CSc3ccccc3)C[C@@H](c3ccc(CO)cc3)O2)cc1. The van der Waals surface area contributed by atoms with Crippen LogP contribution in [0.2, 0.25) is 0 Å². The van der Waals surface area contributed by atoms with Crippen molar-refractivity contribution in [3.63, 3.8) is 0 Å². The Morgan fingerprint density at radius 2 is 1.56 bits per heavy atom. The predicted molar refractivity (Wildman–Crippen MR) is 161 cm³/mol. The fourth-order valence-electron chi connectivity index (χ4n) is 4.66. The molecule has 0 aromatic heterocycles. The van der Waals surface area contributed by atoms with Crippen LogP contribution in [-0.2, 0) is 32.2 Å². The van der Waals surface area contributed by atoms with E-state index < -0.39 is 6.29 Å². The fraction of sp³-hybridized carbons (Fsp3) is 0.394. The average molecular weight is 577 g/mol. The van der Waals surface area contributed by atoms with Crippen LogP contribution in [0, 0.1) is 0 Å². The van der Waals surface area contributed by atoms with Gasteiger partial charge in [0.2, 0.25) is 11.8 Å². The van der Waals surface area contributed by atoms with E-state index in [1.165, 1.54) is 11.8 Å². The summed E-state index contributed by atoms with van der Waals surface area (Å²) < 4.78 is 12.9. The van der Waals surface area contributed by atoms with Gasteiger partial charge in [-0.25, -0.2) is 0 Å². The van der Waals surface area contributed by atoms with Gasteiger partial charge < -0.3 is 25.2 Å². The number of rotatable bonds is 14. The first-order chi connectivity index (χ1) is 20.0. The van der Waals surface area contributed by atoms with Crippen LogP contribution in [0.4, 0.5) is 0 Å². The number of aliphatic hydroxyl groups excluding tert-OH is 1. The van der Waals surface area contributed by atoms with Crippen molar-refractivity contribution in [1.29, 1.82) is 0 Å². The monoisotopic (exact) mass is 576 g/mol. The normalized spacial score (nSPS) is 18.5. The van der Waals surface area contributed by atoms with Crippen molar-refractivity contribution in [3.8, 4) is 0 Å². The molecule has 3 atom stereocenters. The maximum Gasteiger partial charge on any atom is 0.220 e. The first-order valence-corrected chi connectivity index (χ1v) is 15.3. The zero-order chi connectivity index (χ0) is 28.9. The Labute approximate surface area is 247 Å². The molecule has 0 spiro atoms. The molecule has 0 bridgehead atoms. The fourth-order valence-corrected chi connectivity index (χ4v) is 5.60. The number of amides is 2. The summed E-state index contributed by atoms with van der Waals surface area (Å²) in [6, 6.07) is 26.3. The van der Waals surface area contributed by atoms with Crippen molar-refractivity contribution in [2.45, 2.75) is 75.6 Å². The van der Waals surface area contributed by atoms with Crippen molar-refractivity contribution in [1.82, 2.24) is 10.6 Å². The molecule has 1 fully saturated rings. The number of carbonyl (C=O) groups excluding carboxylic acids is 2. The highest BCUT2D eigenvalue weighted by Crippen LogP contribution is 2.39. The molecule has 0 radical (unpaired) electrons. The molecule has 0 unspecified atom stereocenters. The number of benzene rings is 3. The van der Waals surface area contributed by atoms with Crippen LogP contribution in [0.15, 0.2) is 83.8 Å². The Bertz CT molecular complexity index is 1220. The smallest absolute Gasteiger partial charge is 0.220 e. The van der Waals surface area contributed by atoms with E-state index in [0.717, 1.165) is 53.7 Å². The Balaban J connectivity index is 1.32. The molecule has 1 aliphatic heterocycles. The Morgan fingerprint density at radius 3 is 2.27 bits per heavy atom. The minimum atomic E-state index is -0.506. The van der Waals surface area contributed by atoms with Crippen molar-refractivity contribution in [2.24, 2.45) is 0 Å². The van der Waals surface area contributed by atoms with Gasteiger partial charge in [-0.2, -0.15) is 0 Å². The minimum Gasteiger partial charge on any atom is -0.392 e. The number of carbonyl (C=O) groups is 2. The lowest BCUT2D eigenvalue weighted by molar-refractivity contribution is -0.245. The Hall–Kier alpha value is -3.17. The van der Waals surface area contributed by atoms with E-state index in [-0.39, 0.29) is 30.6 Å². The predicted octanol–water partition coefficient (Wildman–Crippen LogP) is 5.83. The van der Waals surface area contributed by atoms with Gasteiger partial charge in [0.15, 0.2) is 6.29 Å². The summed E-state index contributed by atoms with van der Waals surface area (Å²) in [7, 11) is 0. The third-order valence-corrected chi connectivity index (χ3v) is 8.13. The molecule has 0 saturated carbocycles. The molecular formula is C33H40N2O5S. The number of aliphatic hydroxyl groups is 1. The molecule has 1 aliphatic rings. The lowest BCUT2D eigenvalue weighted by atomic mass is 10.0. The van der Waals surface area contributed by atoms with Gasteiger partial charge in [-0.05, 0) is 41.7 Å². The molecule has 3 N–H and O–H groups in total. The van der Waals surface area contributed by atoms with Crippen molar-refractivity contribution < 1.29 is 24.2 Å². The number of hydrogen-bond acceptors (Lipinski definition) is 6. The zero-order valence-corrected chi connectivity index (χ0v) is 24.4. The summed E-state index contributed by atoms with van der Waals surface area (Å²) in [5, 5.41) is 15.2. The maximum atomic E-state index is 12.2. The second-order valence-corrected chi connectivity index (χ2v) is 11.4. The molecule has 4 rings (SSSR count). The Kier molecular flexibility index (Phi) is 12.3. The molecule has 3 aromatic rings. The van der Waals surface area contributed by atoms with Crippen LogP contribution in [0.1, 0.15) is 73.7 Å². The first kappa shape index (κ1) is 30.8. The summed E-state index contributed by atoms with van der Waals surface area (Å²) in [5.74, 6) is 0.818. The minimum absolute atomic E-state index is 0.00122. The van der Waals surface area contributed by atoms with Crippen LogP contribution in [0.25, 0.3) is 0 Å². The zero-order valence-electron chi connectivity index (χ0n) is 23.6. The van der Waals surface area contributed by atoms with Gasteiger partial charge in [0.1, 0.15) is 0 Å². The van der Waals surface area contributed by atoms with Crippen LogP contribution < -0.4 is 10.6 Å². The van der Waals surface area contributed by atoms with Crippen molar-refractivity contribution >= 4 is 23.6 Å². The second kappa shape index (κ2) is 16.3. The second-order valence-electron chi connectivity index (χ2n) is 10.3. The van der Waals surface area contributed by atoms with Gasteiger partial charge in [0.25, 0.3) is 0 Å². The summed E-state index contributed by atoms with van der Waals surface area (Å²) in [5.41, 5.74) is 3.89. The maximum absolute atomic E-state index is 12.2. The molecule has 8 heteroatoms. The number of hydrogen-bond donors (Lipinski definition) is 3. The van der Waals surface area contributed by atoms with E-state index in [9.17, 15) is 14.7 Å². The molecule has 1 saturated heterocycles. The van der Waals surface area contributed by atoms with E-state index in [0.29, 0.717) is 19.5 Å². The summed E-state index contributed by atoms with van der Waals surface area (Å²) in [6.07, 6.45) is 3.17. The summed E-state index contributed by atoms with van der Waals surface area (Å²) in [4.78, 5) is 24.4. The molecule has 1 heterocycles. The average Bonchev–Trinajstić information content (AvgIpc) is 3.01. The molecule has 3 aromatic carbocycles. The molecular weight excluding hydrogens is 536 g/mol. The number of nitrogens with one attached hydrogen (secondary N) is 2. The Morgan fingerprint density at radius 1 is 0.854 bits per heavy atom. The van der Waals surface area contributed by atoms with Gasteiger partial charge in [-0.3, -0.25) is 9.59 Å². The molecule has 0 aliphatic carbocycles. The standard InChI is InChI=1S/C33H40N2O5S/c1-24(37)34-19-7-3-6-10-32(38)35-21-25-11-17-28(18-12-25)33-39-29(23-41-30-8-4-2-5-9-30)20-31(40-33)27-15-13-26(22-36)14-16-27/h2,4-5,8-9,11-18,29,31,33,36H,3,6-7,10,19-23H2,1H3,(H,34,37)(H,35,38)/t29-,31+,33+/m1/s1. The molecule has 218 valence electrons. The van der Waals surface area contributed by atoms with Crippen LogP contribution in [-0.4, -0.2) is 35.3 Å². The number of thioether (sulfide) groups is 1. The van der Waals surface area contributed by atoms with Gasteiger partial charge in [-0.1, -0.05) is 73.2 Å². The third-order valence-electron chi connectivity index (χ3n) is 6.99. The van der Waals surface area contributed by atoms with E-state index in [1.54, 1.807) is 11.8 Å². The topological polar surface area (TPSA) is 96.9 Å². The first-order valence-electron chi connectivity index (χ1n) is 14.3. The van der Waals surface area contributed by atoms with Gasteiger partial charge >= 0.3 is 0 Å². The number of ether oxygens (including phenoxy) is 2. The van der Waals surface area contributed by atoms with Crippen LogP contribution in [0.3, 0.4) is 0 Å². The van der Waals surface area contributed by atoms with Gasteiger partial charge in [0, 0.05) is 49.1 Å². The van der Waals surface area contributed by atoms with E-state index >= 15 is 0 Å². The number of unbranched alkanes of at least 4 members (excludes halogenated alkanes) is 2. The molecule has 41 heavy (non-hydrogen) atoms. The molecule has 7 nitrogen and oxygen atoms in total. The lowest BCUT2D eigenvalue weighted by Gasteiger charge is -2.36. The highest BCUT2D eigenvalue weighted by atomic mass is 32.2. The van der Waals surface area contributed by atoms with Crippen LogP contribution >= 0.6 is 11.8 Å². The summed E-state index contributed by atoms with van der Waals surface area (Å²) >= 11 is 1.78. The van der Waals surface area contributed by atoms with Gasteiger partial charge in [0.05, 0.1) is 18.8 Å². The lowest BCUT2D eigenvalue weighted by Crippen LogP contribution is -2.31. The molecule has 2 amide bonds. The highest BCUT2D eigenvalue weighted by Gasteiger charge is 2.32. The third kappa shape index (κ3) is 10.3. The van der Waals surface area contributed by atoms with Crippen molar-refractivity contribution in [3.05, 3.63) is 101 Å². The van der Waals surface area contributed by atoms with Crippen molar-refractivity contribution in [2.75, 3.05) is 12.3 Å². The quantitative estimate of drug-likeness (QED) is 0.165. The van der Waals surface area contributed by atoms with Crippen LogP contribution in [0.5, 0.6) is 0 Å². The largest absolute Gasteiger partial charge is 0.392 e. The van der Waals surface area contributed by atoms with E-state index in [2.05, 4.69) is 22.8 Å². The summed E-state index contributed by atoms with van der Waals surface area (Å²) in [6.45, 7) is 2.64.